The summed E-state index contributed by atoms with van der Waals surface area (Å²) in [6.07, 6.45) is 0. The van der Waals surface area contributed by atoms with Gasteiger partial charge in [-0.25, -0.2) is 4.39 Å². The summed E-state index contributed by atoms with van der Waals surface area (Å²) >= 11 is 4.51. The molecule has 94 valence electrons. The molecule has 0 aliphatic heterocycles. The average molecular weight is 287 g/mol. The number of hydrogen-bond acceptors (Lipinski definition) is 4. The van der Waals surface area contributed by atoms with E-state index in [0.29, 0.717) is 0 Å². The number of hydrogen-bond donors (Lipinski definition) is 1. The second-order valence-electron chi connectivity index (χ2n) is 2.94. The lowest BCUT2D eigenvalue weighted by Gasteiger charge is -2.15. The summed E-state index contributed by atoms with van der Waals surface area (Å²) in [5.74, 6) is 0. The highest BCUT2D eigenvalue weighted by molar-refractivity contribution is 8.00. The maximum atomic E-state index is 12.9. The van der Waals surface area contributed by atoms with Gasteiger partial charge in [0.05, 0.1) is 4.92 Å². The van der Waals surface area contributed by atoms with E-state index in [1.165, 1.54) is 0 Å². The largest absolute Gasteiger partial charge is 0.393 e. The fraction of sp³-hybridized carbons (Fsp3) is 0.250. The standard InChI is InChI=1S/C8H6ClF3N2O2S/c9-7(10)8(11,12)17-4-1-2-6(14(15)16)5(13)3-4/h1-3,7H,13H2. The van der Waals surface area contributed by atoms with E-state index in [-0.39, 0.29) is 22.3 Å². The summed E-state index contributed by atoms with van der Waals surface area (Å²) in [5, 5.41) is 6.59. The quantitative estimate of drug-likeness (QED) is 0.303. The average Bonchev–Trinajstić information content (AvgIpc) is 2.15. The minimum Gasteiger partial charge on any atom is -0.393 e. The van der Waals surface area contributed by atoms with Crippen molar-refractivity contribution >= 4 is 34.7 Å². The van der Waals surface area contributed by atoms with Crippen molar-refractivity contribution in [1.29, 1.82) is 0 Å². The van der Waals surface area contributed by atoms with Crippen LogP contribution in [0.25, 0.3) is 0 Å². The van der Waals surface area contributed by atoms with Crippen LogP contribution >= 0.6 is 23.4 Å². The van der Waals surface area contributed by atoms with Crippen molar-refractivity contribution in [2.45, 2.75) is 15.8 Å². The summed E-state index contributed by atoms with van der Waals surface area (Å²) < 4.78 is 38.1. The van der Waals surface area contributed by atoms with Gasteiger partial charge in [0, 0.05) is 11.0 Å². The normalized spacial score (nSPS) is 13.4. The minimum atomic E-state index is -3.83. The summed E-state index contributed by atoms with van der Waals surface area (Å²) in [5.41, 5.74) is 1.75. The van der Waals surface area contributed by atoms with Gasteiger partial charge in [-0.05, 0) is 23.9 Å². The van der Waals surface area contributed by atoms with Crippen molar-refractivity contribution in [3.63, 3.8) is 0 Å². The molecule has 1 rings (SSSR count). The molecule has 0 amide bonds. The molecule has 0 saturated heterocycles. The van der Waals surface area contributed by atoms with Crippen molar-refractivity contribution < 1.29 is 18.1 Å². The number of thioether (sulfide) groups is 1. The van der Waals surface area contributed by atoms with E-state index in [1.54, 1.807) is 0 Å². The Hall–Kier alpha value is -1.15. The highest BCUT2D eigenvalue weighted by atomic mass is 35.5. The molecule has 0 aliphatic rings. The molecular formula is C8H6ClF3N2O2S. The Bertz CT molecular complexity index is 445. The maximum absolute atomic E-state index is 12.9. The van der Waals surface area contributed by atoms with Crippen LogP contribution in [0.5, 0.6) is 0 Å². The van der Waals surface area contributed by atoms with Crippen molar-refractivity contribution in [2.24, 2.45) is 0 Å². The SMILES string of the molecule is Nc1cc(SC(F)(F)C(F)Cl)ccc1[N+](=O)[O-]. The van der Waals surface area contributed by atoms with Gasteiger partial charge in [0.2, 0.25) is 5.63 Å². The monoisotopic (exact) mass is 286 g/mol. The number of nitrogens with zero attached hydrogens (tertiary/aromatic N) is 1. The molecule has 0 saturated carbocycles. The summed E-state index contributed by atoms with van der Waals surface area (Å²) in [6.45, 7) is 0. The zero-order valence-corrected chi connectivity index (χ0v) is 9.64. The van der Waals surface area contributed by atoms with Crippen LogP contribution in [0.1, 0.15) is 0 Å². The molecule has 2 N–H and O–H groups in total. The Morgan fingerprint density at radius 1 is 1.53 bits per heavy atom. The van der Waals surface area contributed by atoms with Gasteiger partial charge in [0.1, 0.15) is 5.69 Å². The number of rotatable bonds is 4. The van der Waals surface area contributed by atoms with Crippen molar-refractivity contribution in [3.8, 4) is 0 Å². The molecule has 1 aromatic rings. The van der Waals surface area contributed by atoms with Crippen LogP contribution in [0, 0.1) is 10.1 Å². The van der Waals surface area contributed by atoms with Crippen LogP contribution in [-0.2, 0) is 0 Å². The fourth-order valence-corrected chi connectivity index (χ4v) is 1.82. The maximum Gasteiger partial charge on any atom is 0.342 e. The molecule has 0 heterocycles. The molecule has 4 nitrogen and oxygen atoms in total. The zero-order chi connectivity index (χ0) is 13.2. The third kappa shape index (κ3) is 3.40. The van der Waals surface area contributed by atoms with E-state index < -0.39 is 21.5 Å². The first-order valence-electron chi connectivity index (χ1n) is 4.13. The van der Waals surface area contributed by atoms with E-state index in [9.17, 15) is 23.3 Å². The van der Waals surface area contributed by atoms with E-state index in [4.69, 9.17) is 5.73 Å². The van der Waals surface area contributed by atoms with E-state index in [2.05, 4.69) is 11.6 Å². The summed E-state index contributed by atoms with van der Waals surface area (Å²) in [6, 6.07) is 2.98. The van der Waals surface area contributed by atoms with Crippen LogP contribution in [0.15, 0.2) is 23.1 Å². The van der Waals surface area contributed by atoms with Crippen LogP contribution in [-0.4, -0.2) is 15.8 Å². The van der Waals surface area contributed by atoms with Crippen LogP contribution in [0.3, 0.4) is 0 Å². The Labute approximate surface area is 103 Å². The molecule has 0 aromatic heterocycles. The van der Waals surface area contributed by atoms with Gasteiger partial charge < -0.3 is 5.73 Å². The highest BCUT2D eigenvalue weighted by Crippen LogP contribution is 2.42. The van der Waals surface area contributed by atoms with Crippen molar-refractivity contribution in [2.75, 3.05) is 5.73 Å². The molecule has 1 atom stereocenters. The first-order chi connectivity index (χ1) is 7.74. The molecule has 9 heteroatoms. The molecule has 0 radical (unpaired) electrons. The minimum absolute atomic E-state index is 0.110. The van der Waals surface area contributed by atoms with Crippen molar-refractivity contribution in [1.82, 2.24) is 0 Å². The first kappa shape index (κ1) is 13.9. The van der Waals surface area contributed by atoms with Gasteiger partial charge in [-0.2, -0.15) is 8.78 Å². The van der Waals surface area contributed by atoms with Gasteiger partial charge in [0.25, 0.3) is 5.69 Å². The van der Waals surface area contributed by atoms with E-state index in [1.807, 2.05) is 0 Å². The Balaban J connectivity index is 2.96. The lowest BCUT2D eigenvalue weighted by molar-refractivity contribution is -0.383. The number of alkyl halides is 4. The van der Waals surface area contributed by atoms with Crippen molar-refractivity contribution in [3.05, 3.63) is 28.3 Å². The smallest absolute Gasteiger partial charge is 0.342 e. The predicted octanol–water partition coefficient (Wildman–Crippen LogP) is 3.40. The highest BCUT2D eigenvalue weighted by Gasteiger charge is 2.40. The third-order valence-corrected chi connectivity index (χ3v) is 3.08. The number of nitrogens with two attached hydrogens (primary N) is 1. The molecule has 0 spiro atoms. The number of halogens is 4. The lowest BCUT2D eigenvalue weighted by Crippen LogP contribution is -2.20. The molecule has 0 bridgehead atoms. The van der Waals surface area contributed by atoms with E-state index >= 15 is 0 Å². The van der Waals surface area contributed by atoms with Crippen LogP contribution < -0.4 is 5.73 Å². The zero-order valence-electron chi connectivity index (χ0n) is 8.07. The number of anilines is 1. The van der Waals surface area contributed by atoms with Crippen LogP contribution in [0.2, 0.25) is 0 Å². The second-order valence-corrected chi connectivity index (χ2v) is 4.55. The Morgan fingerprint density at radius 2 is 2.12 bits per heavy atom. The second kappa shape index (κ2) is 5.01. The van der Waals surface area contributed by atoms with Gasteiger partial charge in [-0.3, -0.25) is 10.1 Å². The number of benzene rings is 1. The van der Waals surface area contributed by atoms with Gasteiger partial charge in [-0.15, -0.1) is 0 Å². The molecule has 17 heavy (non-hydrogen) atoms. The number of nitro groups is 1. The lowest BCUT2D eigenvalue weighted by atomic mass is 10.3. The summed E-state index contributed by atoms with van der Waals surface area (Å²) in [7, 11) is 0. The van der Waals surface area contributed by atoms with Gasteiger partial charge >= 0.3 is 5.25 Å². The Kier molecular flexibility index (Phi) is 4.10. The van der Waals surface area contributed by atoms with Crippen LogP contribution in [0.4, 0.5) is 24.5 Å². The fourth-order valence-electron chi connectivity index (χ4n) is 0.964. The third-order valence-electron chi connectivity index (χ3n) is 1.70. The number of nitrogen functional groups attached to an aromatic ring is 1. The molecule has 1 aromatic carbocycles. The number of nitro benzene ring substituents is 1. The molecule has 0 aliphatic carbocycles. The van der Waals surface area contributed by atoms with E-state index in [0.717, 1.165) is 18.2 Å². The molecular weight excluding hydrogens is 281 g/mol. The van der Waals surface area contributed by atoms with Gasteiger partial charge in [0.15, 0.2) is 0 Å². The van der Waals surface area contributed by atoms with Gasteiger partial charge in [-0.1, -0.05) is 11.6 Å². The summed E-state index contributed by atoms with van der Waals surface area (Å²) in [4.78, 5) is 9.56. The predicted molar refractivity (Wildman–Crippen MR) is 59.1 cm³/mol. The topological polar surface area (TPSA) is 69.2 Å². The molecule has 1 unspecified atom stereocenters. The first-order valence-corrected chi connectivity index (χ1v) is 5.38. The molecule has 0 fully saturated rings. The Morgan fingerprint density at radius 3 is 2.53 bits per heavy atom.